The van der Waals surface area contributed by atoms with E-state index in [1.54, 1.807) is 0 Å². The maximum Gasteiger partial charge on any atom is 0 e. The first-order valence-corrected chi connectivity index (χ1v) is 0. The molecule has 0 N–H and O–H groups in total. The maximum absolute atomic E-state index is 0. The van der Waals surface area contributed by atoms with Crippen molar-refractivity contribution in [2.45, 2.75) is 7.43 Å². The molecule has 0 bridgehead atoms. The molecule has 23 valence electrons. The van der Waals surface area contributed by atoms with Gasteiger partial charge < -0.3 is 0 Å². The van der Waals surface area contributed by atoms with Crippen LogP contribution in [-0.2, 0) is 0 Å². The minimum absolute atomic E-state index is 0. The Hall–Kier alpha value is 2.88. The van der Waals surface area contributed by atoms with Gasteiger partial charge in [0, 0.05) is 46.5 Å². The normalized spacial score (nSPS) is 0. The molecule has 0 aliphatic rings. The van der Waals surface area contributed by atoms with E-state index < -0.39 is 0 Å². The number of halogens is 1. The monoisotopic (exact) mass is 315 g/mol. The molecule has 0 aromatic heterocycles. The van der Waals surface area contributed by atoms with E-state index in [0.717, 1.165) is 0 Å². The van der Waals surface area contributed by atoms with Crippen LogP contribution in [0.25, 0.3) is 0 Å². The van der Waals surface area contributed by atoms with E-state index in [4.69, 9.17) is 0 Å². The fourth-order valence-electron chi connectivity index (χ4n) is 0. The third kappa shape index (κ3) is 8.86. The summed E-state index contributed by atoms with van der Waals surface area (Å²) in [6.45, 7) is 0. The van der Waals surface area contributed by atoms with Gasteiger partial charge in [-0.05, 0) is 0 Å². The first-order valence-electron chi connectivity index (χ1n) is 0. The fraction of sp³-hybridized carbons (Fsp3) is 1.00. The van der Waals surface area contributed by atoms with Crippen LogP contribution in [0.1, 0.15) is 7.43 Å². The summed E-state index contributed by atoms with van der Waals surface area (Å²) < 4.78 is 0. The molecule has 0 atom stereocenters. The van der Waals surface area contributed by atoms with Gasteiger partial charge in [-0.1, -0.05) is 7.43 Å². The van der Waals surface area contributed by atoms with Gasteiger partial charge in [0.25, 0.3) is 0 Å². The summed E-state index contributed by atoms with van der Waals surface area (Å²) in [5.41, 5.74) is 0. The van der Waals surface area contributed by atoms with Crippen LogP contribution in [0.5, 0.6) is 0 Å². The summed E-state index contributed by atoms with van der Waals surface area (Å²) >= 11 is 0. The summed E-state index contributed by atoms with van der Waals surface area (Å²) in [4.78, 5) is 0. The Morgan fingerprint density at radius 2 is 1.00 bits per heavy atom. The topological polar surface area (TPSA) is 0 Å². The zero-order valence-electron chi connectivity index (χ0n) is 0.878. The van der Waals surface area contributed by atoms with Crippen LogP contribution in [0.3, 0.4) is 0 Å². The Morgan fingerprint density at radius 3 is 1.00 bits per heavy atom. The van der Waals surface area contributed by atoms with Crippen molar-refractivity contribution in [2.75, 3.05) is 0 Å². The first-order chi connectivity index (χ1) is 0. The molecule has 0 fully saturated rings. The summed E-state index contributed by atoms with van der Waals surface area (Å²) in [5, 5.41) is 0. The molecule has 0 unspecified atom stereocenters. The third-order valence-electron chi connectivity index (χ3n) is 0. The van der Waals surface area contributed by atoms with Crippen molar-refractivity contribution >= 4 is 48.9 Å². The smallest absolute Gasteiger partial charge is 0 e. The van der Waals surface area contributed by atoms with Gasteiger partial charge in [-0.15, -0.1) is 0 Å². The van der Waals surface area contributed by atoms with Gasteiger partial charge >= 0.3 is 48.9 Å². The second kappa shape index (κ2) is 16.9. The zero-order valence-corrected chi connectivity index (χ0v) is 4.02. The Labute approximate surface area is 99.9 Å². The van der Waals surface area contributed by atoms with Crippen molar-refractivity contribution in [1.29, 1.82) is 0 Å². The second-order valence-electron chi connectivity index (χ2n) is 0. The van der Waals surface area contributed by atoms with Crippen LogP contribution in [0.4, 0.5) is 4.70 Å². The van der Waals surface area contributed by atoms with E-state index in [9.17, 15) is 0 Å². The molecule has 0 saturated heterocycles. The average Bonchev–Trinajstić information content (AvgIpc) is 0. The number of hydrogen-bond acceptors (Lipinski definition) is 0. The third-order valence-corrected chi connectivity index (χ3v) is 0. The van der Waals surface area contributed by atoms with Gasteiger partial charge in [0.2, 0.25) is 0 Å². The summed E-state index contributed by atoms with van der Waals surface area (Å²) in [5.74, 6) is 0. The molecule has 0 aliphatic carbocycles. The summed E-state index contributed by atoms with van der Waals surface area (Å²) in [7, 11) is 0. The Morgan fingerprint density at radius 1 is 1.00 bits per heavy atom. The number of hydrogen-bond donors (Lipinski definition) is 0. The molecular weight excluding hydrogens is 308 g/mol. The predicted octanol–water partition coefficient (Wildman–Crippen LogP) is 0.140. The van der Waals surface area contributed by atoms with E-state index in [2.05, 4.69) is 0 Å². The van der Waals surface area contributed by atoms with E-state index in [-0.39, 0.29) is 103 Å². The molecular formula is CH6BaCeF. The standard InChI is InChI=1S/CH4.Ba.Ce.F.2H/h1H4;;;;;. The van der Waals surface area contributed by atoms with E-state index >= 15 is 0 Å². The van der Waals surface area contributed by atoms with Crippen molar-refractivity contribution in [3.63, 3.8) is 0 Å². The maximum atomic E-state index is 0. The molecule has 0 spiro atoms. The van der Waals surface area contributed by atoms with Crippen LogP contribution in [0, 0.1) is 41.7 Å². The van der Waals surface area contributed by atoms with Gasteiger partial charge in [-0.2, -0.15) is 0 Å². The van der Waals surface area contributed by atoms with Crippen LogP contribution in [0.2, 0.25) is 0 Å². The molecule has 0 rings (SSSR count). The summed E-state index contributed by atoms with van der Waals surface area (Å²) in [6.07, 6.45) is 0. The average molecular weight is 315 g/mol. The van der Waals surface area contributed by atoms with Crippen LogP contribution < -0.4 is 0 Å². The fourth-order valence-corrected chi connectivity index (χ4v) is 0. The van der Waals surface area contributed by atoms with Crippen molar-refractivity contribution < 1.29 is 46.5 Å². The predicted molar refractivity (Wildman–Crippen MR) is 16.4 cm³/mol. The zero-order chi connectivity index (χ0) is 0. The molecule has 0 heterocycles. The number of rotatable bonds is 0. The molecule has 0 aliphatic heterocycles. The van der Waals surface area contributed by atoms with Gasteiger partial charge in [0.15, 0.2) is 0 Å². The van der Waals surface area contributed by atoms with Gasteiger partial charge in [-0.3, -0.25) is 0 Å². The van der Waals surface area contributed by atoms with Gasteiger partial charge in [0.05, 0.1) is 0 Å². The van der Waals surface area contributed by atoms with Gasteiger partial charge in [-0.25, -0.2) is 0 Å². The molecule has 4 heavy (non-hydrogen) atoms. The molecule has 0 aromatic rings. The largest absolute Gasteiger partial charge is 0 e. The summed E-state index contributed by atoms with van der Waals surface area (Å²) in [6, 6.07) is 0. The SMILES string of the molecule is C.[BaH2].[Ce].[F]. The van der Waals surface area contributed by atoms with E-state index in [1.807, 2.05) is 0 Å². The first kappa shape index (κ1) is 28.7. The van der Waals surface area contributed by atoms with Crippen LogP contribution >= 0.6 is 0 Å². The molecule has 1 radical (unpaired) electrons. The van der Waals surface area contributed by atoms with Crippen LogP contribution in [0.15, 0.2) is 0 Å². The Kier molecular flexibility index (Phi) is 121. The minimum atomic E-state index is 0. The van der Waals surface area contributed by atoms with Crippen molar-refractivity contribution in [2.24, 2.45) is 0 Å². The Balaban J connectivity index is 0. The molecule has 0 saturated carbocycles. The Bertz CT molecular complexity index is 8.00. The van der Waals surface area contributed by atoms with Crippen molar-refractivity contribution in [3.05, 3.63) is 0 Å². The van der Waals surface area contributed by atoms with Gasteiger partial charge in [0.1, 0.15) is 0 Å². The van der Waals surface area contributed by atoms with Crippen molar-refractivity contribution in [3.8, 4) is 0 Å². The molecule has 0 nitrogen and oxygen atoms in total. The van der Waals surface area contributed by atoms with Crippen molar-refractivity contribution in [1.82, 2.24) is 0 Å². The molecule has 0 amide bonds. The van der Waals surface area contributed by atoms with E-state index in [0.29, 0.717) is 0 Å². The van der Waals surface area contributed by atoms with E-state index in [1.165, 1.54) is 0 Å². The molecule has 3 heteroatoms. The quantitative estimate of drug-likeness (QED) is 0.558. The second-order valence-corrected chi connectivity index (χ2v) is 0. The molecule has 0 aromatic carbocycles. The van der Waals surface area contributed by atoms with Crippen LogP contribution in [-0.4, -0.2) is 48.9 Å². The minimum Gasteiger partial charge on any atom is 0 e.